The van der Waals surface area contributed by atoms with Gasteiger partial charge in [-0.05, 0) is 18.6 Å². The van der Waals surface area contributed by atoms with E-state index >= 15 is 0 Å². The summed E-state index contributed by atoms with van der Waals surface area (Å²) < 4.78 is 0. The number of hydrogen-bond donors (Lipinski definition) is 3. The molecule has 0 spiro atoms. The summed E-state index contributed by atoms with van der Waals surface area (Å²) in [6, 6.07) is 1.49. The Balaban J connectivity index is 2.91. The third-order valence-corrected chi connectivity index (χ3v) is 2.82. The number of amides is 2. The molecule has 1 heterocycles. The zero-order chi connectivity index (χ0) is 16.0. The number of aliphatic carboxylic acids is 1. The fraction of sp³-hybridized carbons (Fsp3) is 0.385. The van der Waals surface area contributed by atoms with Crippen LogP contribution in [0.3, 0.4) is 0 Å². The number of primary amides is 1. The number of nitrogens with one attached hydrogen (secondary N) is 1. The third kappa shape index (κ3) is 5.39. The number of rotatable bonds is 7. The van der Waals surface area contributed by atoms with Crippen LogP contribution >= 0.6 is 11.6 Å². The predicted molar refractivity (Wildman–Crippen MR) is 75.9 cm³/mol. The summed E-state index contributed by atoms with van der Waals surface area (Å²) in [6.45, 7) is 1.95. The molecule has 1 atom stereocenters. The second-order valence-electron chi connectivity index (χ2n) is 4.45. The fourth-order valence-corrected chi connectivity index (χ4v) is 1.94. The first-order valence-electron chi connectivity index (χ1n) is 6.32. The van der Waals surface area contributed by atoms with Crippen LogP contribution in [-0.2, 0) is 16.0 Å². The van der Waals surface area contributed by atoms with Gasteiger partial charge in [-0.3, -0.25) is 9.59 Å². The lowest BCUT2D eigenvalue weighted by molar-refractivity contribution is -0.140. The smallest absolute Gasteiger partial charge is 0.326 e. The molecule has 0 fully saturated rings. The summed E-state index contributed by atoms with van der Waals surface area (Å²) >= 11 is 5.83. The fourth-order valence-electron chi connectivity index (χ4n) is 1.71. The number of aryl methyl sites for hydroxylation is 1. The Morgan fingerprint density at radius 2 is 2.10 bits per heavy atom. The van der Waals surface area contributed by atoms with Crippen molar-refractivity contribution in [3.8, 4) is 0 Å². The van der Waals surface area contributed by atoms with Crippen LogP contribution in [-0.4, -0.2) is 33.9 Å². The van der Waals surface area contributed by atoms with E-state index < -0.39 is 30.2 Å². The van der Waals surface area contributed by atoms with Crippen molar-refractivity contribution < 1.29 is 19.5 Å². The number of carbonyl (C=O) groups is 3. The van der Waals surface area contributed by atoms with Crippen LogP contribution in [0.25, 0.3) is 0 Å². The van der Waals surface area contributed by atoms with Gasteiger partial charge in [0, 0.05) is 11.3 Å². The minimum absolute atomic E-state index is 0.146. The van der Waals surface area contributed by atoms with E-state index in [2.05, 4.69) is 10.3 Å². The molecule has 0 aliphatic carbocycles. The number of carboxylic acids is 1. The Morgan fingerprint density at radius 1 is 1.43 bits per heavy atom. The van der Waals surface area contributed by atoms with Crippen LogP contribution in [0.5, 0.6) is 0 Å². The van der Waals surface area contributed by atoms with E-state index in [1.165, 1.54) is 12.1 Å². The van der Waals surface area contributed by atoms with Gasteiger partial charge < -0.3 is 16.2 Å². The van der Waals surface area contributed by atoms with Gasteiger partial charge in [0.15, 0.2) is 0 Å². The minimum atomic E-state index is -1.38. The van der Waals surface area contributed by atoms with Crippen molar-refractivity contribution in [3.05, 3.63) is 28.5 Å². The number of hydrogen-bond acceptors (Lipinski definition) is 4. The zero-order valence-electron chi connectivity index (χ0n) is 11.4. The highest BCUT2D eigenvalue weighted by atomic mass is 35.5. The summed E-state index contributed by atoms with van der Waals surface area (Å²) in [7, 11) is 0. The molecular formula is C13H16ClN3O4. The van der Waals surface area contributed by atoms with Gasteiger partial charge in [-0.15, -0.1) is 0 Å². The molecule has 1 unspecified atom stereocenters. The van der Waals surface area contributed by atoms with Crippen molar-refractivity contribution in [2.75, 3.05) is 0 Å². The maximum Gasteiger partial charge on any atom is 0.326 e. The van der Waals surface area contributed by atoms with E-state index in [0.717, 1.165) is 6.42 Å². The molecule has 8 heteroatoms. The molecule has 1 aromatic heterocycles. The Labute approximate surface area is 126 Å². The summed E-state index contributed by atoms with van der Waals surface area (Å²) in [4.78, 5) is 37.9. The molecule has 7 nitrogen and oxygen atoms in total. The highest BCUT2D eigenvalue weighted by Crippen LogP contribution is 2.13. The van der Waals surface area contributed by atoms with E-state index in [-0.39, 0.29) is 10.7 Å². The van der Waals surface area contributed by atoms with Gasteiger partial charge in [-0.2, -0.15) is 0 Å². The molecule has 0 aliphatic heterocycles. The molecule has 0 radical (unpaired) electrons. The molecule has 1 rings (SSSR count). The van der Waals surface area contributed by atoms with E-state index in [0.29, 0.717) is 12.1 Å². The van der Waals surface area contributed by atoms with Gasteiger partial charge >= 0.3 is 5.97 Å². The minimum Gasteiger partial charge on any atom is -0.480 e. The van der Waals surface area contributed by atoms with Crippen molar-refractivity contribution in [2.45, 2.75) is 32.2 Å². The Hall–Kier alpha value is -2.15. The van der Waals surface area contributed by atoms with Crippen LogP contribution < -0.4 is 11.1 Å². The molecule has 0 bridgehead atoms. The van der Waals surface area contributed by atoms with Crippen molar-refractivity contribution >= 4 is 29.4 Å². The summed E-state index contributed by atoms with van der Waals surface area (Å²) in [5.41, 5.74) is 5.77. The SMILES string of the molecule is CCCc1cc(C(=O)NC(CC(N)=O)C(=O)O)cc(Cl)n1. The molecule has 0 saturated heterocycles. The lowest BCUT2D eigenvalue weighted by Gasteiger charge is -2.13. The van der Waals surface area contributed by atoms with Crippen LogP contribution in [0.2, 0.25) is 5.15 Å². The van der Waals surface area contributed by atoms with Crippen LogP contribution in [0.4, 0.5) is 0 Å². The highest BCUT2D eigenvalue weighted by Gasteiger charge is 2.23. The molecule has 0 saturated carbocycles. The molecular weight excluding hydrogens is 298 g/mol. The maximum absolute atomic E-state index is 12.0. The van der Waals surface area contributed by atoms with Crippen molar-refractivity contribution in [3.63, 3.8) is 0 Å². The predicted octanol–water partition coefficient (Wildman–Crippen LogP) is 0.746. The van der Waals surface area contributed by atoms with Crippen molar-refractivity contribution in [1.82, 2.24) is 10.3 Å². The van der Waals surface area contributed by atoms with Gasteiger partial charge in [0.25, 0.3) is 5.91 Å². The van der Waals surface area contributed by atoms with Crippen LogP contribution in [0.1, 0.15) is 35.8 Å². The summed E-state index contributed by atoms with van der Waals surface area (Å²) in [6.07, 6.45) is 0.986. The topological polar surface area (TPSA) is 122 Å². The monoisotopic (exact) mass is 313 g/mol. The number of carboxylic acid groups (broad SMARTS) is 1. The summed E-state index contributed by atoms with van der Waals surface area (Å²) in [5.74, 6) is -2.80. The maximum atomic E-state index is 12.0. The molecule has 2 amide bonds. The first-order chi connectivity index (χ1) is 9.83. The largest absolute Gasteiger partial charge is 0.480 e. The quantitative estimate of drug-likeness (QED) is 0.641. The van der Waals surface area contributed by atoms with E-state index in [4.69, 9.17) is 22.4 Å². The van der Waals surface area contributed by atoms with Gasteiger partial charge in [-0.25, -0.2) is 9.78 Å². The molecule has 4 N–H and O–H groups in total. The number of nitrogens with two attached hydrogens (primary N) is 1. The Bertz CT molecular complexity index is 562. The number of pyridine rings is 1. The van der Waals surface area contributed by atoms with Gasteiger partial charge in [-0.1, -0.05) is 24.9 Å². The first-order valence-corrected chi connectivity index (χ1v) is 6.69. The van der Waals surface area contributed by atoms with Gasteiger partial charge in [0.2, 0.25) is 5.91 Å². The van der Waals surface area contributed by atoms with Crippen molar-refractivity contribution in [1.29, 1.82) is 0 Å². The van der Waals surface area contributed by atoms with Crippen LogP contribution in [0.15, 0.2) is 12.1 Å². The number of aromatic nitrogens is 1. The molecule has 0 aliphatic rings. The average molecular weight is 314 g/mol. The van der Waals surface area contributed by atoms with E-state index in [9.17, 15) is 14.4 Å². The second-order valence-corrected chi connectivity index (χ2v) is 4.84. The third-order valence-electron chi connectivity index (χ3n) is 2.62. The van der Waals surface area contributed by atoms with Gasteiger partial charge in [0.05, 0.1) is 6.42 Å². The first kappa shape index (κ1) is 16.9. The second kappa shape index (κ2) is 7.58. The number of halogens is 1. The average Bonchev–Trinajstić information content (AvgIpc) is 2.36. The lowest BCUT2D eigenvalue weighted by atomic mass is 10.1. The van der Waals surface area contributed by atoms with Crippen LogP contribution in [0, 0.1) is 0 Å². The number of nitrogens with zero attached hydrogens (tertiary/aromatic N) is 1. The Morgan fingerprint density at radius 3 is 2.62 bits per heavy atom. The molecule has 21 heavy (non-hydrogen) atoms. The zero-order valence-corrected chi connectivity index (χ0v) is 12.2. The Kier molecular flexibility index (Phi) is 6.10. The van der Waals surface area contributed by atoms with Gasteiger partial charge in [0.1, 0.15) is 11.2 Å². The van der Waals surface area contributed by atoms with E-state index in [1.54, 1.807) is 0 Å². The molecule has 1 aromatic rings. The molecule has 0 aromatic carbocycles. The standard InChI is InChI=1S/C13H16ClN3O4/c1-2-3-8-4-7(5-10(14)16-8)12(19)17-9(13(20)21)6-11(15)18/h4-5,9H,2-3,6H2,1H3,(H2,15,18)(H,17,19)(H,20,21). The normalized spacial score (nSPS) is 11.7. The summed E-state index contributed by atoms with van der Waals surface area (Å²) in [5, 5.41) is 11.3. The van der Waals surface area contributed by atoms with E-state index in [1.807, 2.05) is 6.92 Å². The molecule has 114 valence electrons. The lowest BCUT2D eigenvalue weighted by Crippen LogP contribution is -2.43. The highest BCUT2D eigenvalue weighted by molar-refractivity contribution is 6.29. The number of carbonyl (C=O) groups excluding carboxylic acids is 2. The van der Waals surface area contributed by atoms with Crippen molar-refractivity contribution in [2.24, 2.45) is 5.73 Å².